The van der Waals surface area contributed by atoms with E-state index < -0.39 is 0 Å². The molecule has 0 aliphatic carbocycles. The van der Waals surface area contributed by atoms with Crippen molar-refractivity contribution in [3.63, 3.8) is 0 Å². The zero-order valence-corrected chi connectivity index (χ0v) is 16.5. The number of nitrogens with zero attached hydrogens (tertiary/aromatic N) is 2. The van der Waals surface area contributed by atoms with E-state index in [2.05, 4.69) is 9.97 Å². The summed E-state index contributed by atoms with van der Waals surface area (Å²) in [5, 5.41) is 10.8. The van der Waals surface area contributed by atoms with Crippen molar-refractivity contribution in [1.82, 2.24) is 9.97 Å². The molecule has 0 saturated carbocycles. The van der Waals surface area contributed by atoms with Gasteiger partial charge in [-0.1, -0.05) is 36.2 Å². The van der Waals surface area contributed by atoms with Crippen molar-refractivity contribution in [2.75, 3.05) is 12.3 Å². The zero-order chi connectivity index (χ0) is 19.0. The van der Waals surface area contributed by atoms with E-state index >= 15 is 0 Å². The van der Waals surface area contributed by atoms with Gasteiger partial charge in [0.15, 0.2) is 5.78 Å². The Bertz CT molecular complexity index is 1000. The van der Waals surface area contributed by atoms with Gasteiger partial charge in [-0.15, -0.1) is 11.3 Å². The number of ketones is 1. The minimum Gasteiger partial charge on any atom is -0.397 e. The summed E-state index contributed by atoms with van der Waals surface area (Å²) in [6.45, 7) is 3.42. The van der Waals surface area contributed by atoms with Crippen molar-refractivity contribution in [2.24, 2.45) is 5.92 Å². The fourth-order valence-corrected chi connectivity index (χ4v) is 3.95. The molecule has 3 N–H and O–H groups in total. The van der Waals surface area contributed by atoms with Crippen LogP contribution in [0.2, 0.25) is 10.0 Å². The molecule has 0 unspecified atom stereocenters. The average Bonchev–Trinajstić information content (AvgIpc) is 2.93. The lowest BCUT2D eigenvalue weighted by Crippen LogP contribution is -2.08. The predicted octanol–water partition coefficient (Wildman–Crippen LogP) is 4.62. The molecule has 0 bridgehead atoms. The number of carbonyl (C=O) groups is 1. The molecule has 136 valence electrons. The fraction of sp³-hybridized carbons (Fsp3) is 0.278. The molecule has 5 nitrogen and oxygen atoms in total. The number of anilines is 1. The van der Waals surface area contributed by atoms with E-state index in [0.29, 0.717) is 48.8 Å². The number of hydrogen-bond acceptors (Lipinski definition) is 6. The molecule has 1 atom stereocenters. The maximum absolute atomic E-state index is 11.9. The zero-order valence-electron chi connectivity index (χ0n) is 14.2. The smallest absolute Gasteiger partial charge is 0.171 e. The SMILES string of the molecule is CC(=O)c1sc2nc(C[C@@H](C)CO)nc(-c3ccc(Cl)c(Cl)c3)c2c1N. The first-order valence-electron chi connectivity index (χ1n) is 7.98. The molecule has 0 amide bonds. The van der Waals surface area contributed by atoms with Gasteiger partial charge in [0.2, 0.25) is 0 Å². The Morgan fingerprint density at radius 2 is 2.04 bits per heavy atom. The summed E-state index contributed by atoms with van der Waals surface area (Å²) in [5.41, 5.74) is 7.96. The largest absolute Gasteiger partial charge is 0.397 e. The van der Waals surface area contributed by atoms with Crippen molar-refractivity contribution >= 4 is 56.2 Å². The number of thiophene rings is 1. The quantitative estimate of drug-likeness (QED) is 0.599. The van der Waals surface area contributed by atoms with E-state index in [9.17, 15) is 9.90 Å². The van der Waals surface area contributed by atoms with Crippen LogP contribution in [0.5, 0.6) is 0 Å². The molecule has 0 aliphatic rings. The number of rotatable bonds is 5. The van der Waals surface area contributed by atoms with Gasteiger partial charge >= 0.3 is 0 Å². The van der Waals surface area contributed by atoms with Crippen molar-refractivity contribution in [3.05, 3.63) is 38.9 Å². The Balaban J connectivity index is 2.29. The molecular weight excluding hydrogens is 393 g/mol. The number of aromatic nitrogens is 2. The third-order valence-electron chi connectivity index (χ3n) is 3.99. The standard InChI is InChI=1S/C18H17Cl2N3O2S/c1-8(7-24)5-13-22-16(10-3-4-11(19)12(20)6-10)14-15(21)17(9(2)25)26-18(14)23-13/h3-4,6,8,24H,5,7,21H2,1-2H3/t8-/m1/s1. The van der Waals surface area contributed by atoms with E-state index in [1.165, 1.54) is 18.3 Å². The molecule has 26 heavy (non-hydrogen) atoms. The number of Topliss-reactive ketones (excluding diaryl/α,β-unsaturated/α-hetero) is 1. The van der Waals surface area contributed by atoms with Crippen LogP contribution >= 0.6 is 34.5 Å². The van der Waals surface area contributed by atoms with E-state index in [1.54, 1.807) is 18.2 Å². The second kappa shape index (κ2) is 7.48. The second-order valence-corrected chi connectivity index (χ2v) is 8.00. The molecule has 2 aromatic heterocycles. The van der Waals surface area contributed by atoms with Crippen LogP contribution < -0.4 is 5.73 Å². The monoisotopic (exact) mass is 409 g/mol. The first-order valence-corrected chi connectivity index (χ1v) is 9.55. The number of nitrogen functional groups attached to an aromatic ring is 1. The lowest BCUT2D eigenvalue weighted by Gasteiger charge is -2.10. The Morgan fingerprint density at radius 3 is 2.65 bits per heavy atom. The number of carbonyl (C=O) groups excluding carboxylic acids is 1. The molecular formula is C18H17Cl2N3O2S. The fourth-order valence-electron chi connectivity index (χ4n) is 2.65. The third-order valence-corrected chi connectivity index (χ3v) is 5.93. The first-order chi connectivity index (χ1) is 12.3. The summed E-state index contributed by atoms with van der Waals surface area (Å²) < 4.78 is 0. The molecule has 0 aliphatic heterocycles. The molecule has 2 heterocycles. The van der Waals surface area contributed by atoms with Crippen LogP contribution in [0, 0.1) is 5.92 Å². The van der Waals surface area contributed by atoms with Gasteiger partial charge in [0.05, 0.1) is 31.7 Å². The molecule has 0 fully saturated rings. The number of halogens is 2. The van der Waals surface area contributed by atoms with Gasteiger partial charge < -0.3 is 10.8 Å². The van der Waals surface area contributed by atoms with Crippen molar-refractivity contribution in [2.45, 2.75) is 20.3 Å². The molecule has 8 heteroatoms. The summed E-state index contributed by atoms with van der Waals surface area (Å²) in [6.07, 6.45) is 0.508. The molecule has 0 radical (unpaired) electrons. The number of fused-ring (bicyclic) bond motifs is 1. The average molecular weight is 410 g/mol. The highest BCUT2D eigenvalue weighted by Crippen LogP contribution is 2.40. The number of nitrogens with two attached hydrogens (primary N) is 1. The second-order valence-electron chi connectivity index (χ2n) is 6.19. The van der Waals surface area contributed by atoms with Crippen LogP contribution in [0.3, 0.4) is 0 Å². The van der Waals surface area contributed by atoms with Crippen LogP contribution in [0.25, 0.3) is 21.5 Å². The van der Waals surface area contributed by atoms with Gasteiger partial charge in [-0.3, -0.25) is 4.79 Å². The molecule has 3 rings (SSSR count). The molecule has 0 saturated heterocycles. The number of aliphatic hydroxyl groups is 1. The molecule has 3 aromatic rings. The lowest BCUT2D eigenvalue weighted by atomic mass is 10.1. The molecule has 0 spiro atoms. The Morgan fingerprint density at radius 1 is 1.31 bits per heavy atom. The highest BCUT2D eigenvalue weighted by molar-refractivity contribution is 7.21. The summed E-state index contributed by atoms with van der Waals surface area (Å²) in [5.74, 6) is 0.478. The summed E-state index contributed by atoms with van der Waals surface area (Å²) in [7, 11) is 0. The maximum atomic E-state index is 11.9. The Labute approximate surface area is 164 Å². The maximum Gasteiger partial charge on any atom is 0.171 e. The summed E-state index contributed by atoms with van der Waals surface area (Å²) in [4.78, 5) is 22.2. The van der Waals surface area contributed by atoms with E-state index in [0.717, 1.165) is 5.56 Å². The van der Waals surface area contributed by atoms with E-state index in [1.807, 2.05) is 6.92 Å². The minimum absolute atomic E-state index is 0.0127. The van der Waals surface area contributed by atoms with Crippen molar-refractivity contribution in [3.8, 4) is 11.3 Å². The minimum atomic E-state index is -0.115. The Kier molecular flexibility index (Phi) is 5.48. The normalized spacial score (nSPS) is 12.5. The van der Waals surface area contributed by atoms with Crippen molar-refractivity contribution in [1.29, 1.82) is 0 Å². The third kappa shape index (κ3) is 3.55. The first kappa shape index (κ1) is 19.0. The van der Waals surface area contributed by atoms with Gasteiger partial charge in [0, 0.05) is 25.5 Å². The van der Waals surface area contributed by atoms with Gasteiger partial charge in [-0.25, -0.2) is 9.97 Å². The highest BCUT2D eigenvalue weighted by Gasteiger charge is 2.21. The van der Waals surface area contributed by atoms with Crippen LogP contribution in [-0.4, -0.2) is 27.5 Å². The predicted molar refractivity (Wildman–Crippen MR) is 107 cm³/mol. The highest BCUT2D eigenvalue weighted by atomic mass is 35.5. The van der Waals surface area contributed by atoms with Crippen LogP contribution in [-0.2, 0) is 6.42 Å². The lowest BCUT2D eigenvalue weighted by molar-refractivity contribution is 0.102. The Hall–Kier alpha value is -1.73. The van der Waals surface area contributed by atoms with Crippen LogP contribution in [0.1, 0.15) is 29.3 Å². The summed E-state index contributed by atoms with van der Waals surface area (Å²) >= 11 is 13.4. The van der Waals surface area contributed by atoms with Gasteiger partial charge in [-0.05, 0) is 18.1 Å². The van der Waals surface area contributed by atoms with E-state index in [-0.39, 0.29) is 18.3 Å². The number of aliphatic hydroxyl groups excluding tert-OH is 1. The summed E-state index contributed by atoms with van der Waals surface area (Å²) in [6, 6.07) is 5.22. The van der Waals surface area contributed by atoms with Gasteiger partial charge in [-0.2, -0.15) is 0 Å². The van der Waals surface area contributed by atoms with Crippen molar-refractivity contribution < 1.29 is 9.90 Å². The van der Waals surface area contributed by atoms with E-state index in [4.69, 9.17) is 28.9 Å². The van der Waals surface area contributed by atoms with Crippen LogP contribution in [0.15, 0.2) is 18.2 Å². The topological polar surface area (TPSA) is 89.1 Å². The number of benzene rings is 1. The van der Waals surface area contributed by atoms with Gasteiger partial charge in [0.1, 0.15) is 10.7 Å². The van der Waals surface area contributed by atoms with Crippen LogP contribution in [0.4, 0.5) is 5.69 Å². The van der Waals surface area contributed by atoms with Gasteiger partial charge in [0.25, 0.3) is 0 Å². The molecule has 1 aromatic carbocycles. The number of hydrogen-bond donors (Lipinski definition) is 2.